The minimum Gasteiger partial charge on any atom is -0.393 e. The SMILES string of the molecule is CCNC(=NCC1CCCC1O)NCCCn1nc(C)cc1C.I. The molecule has 0 bridgehead atoms. The highest BCUT2D eigenvalue weighted by molar-refractivity contribution is 14.0. The molecule has 2 rings (SSSR count). The molecule has 138 valence electrons. The van der Waals surface area contributed by atoms with E-state index in [9.17, 15) is 5.11 Å². The Morgan fingerprint density at radius 1 is 1.38 bits per heavy atom. The largest absolute Gasteiger partial charge is 0.393 e. The predicted molar refractivity (Wildman–Crippen MR) is 109 cm³/mol. The first-order valence-electron chi connectivity index (χ1n) is 8.81. The van der Waals surface area contributed by atoms with Crippen molar-refractivity contribution >= 4 is 29.9 Å². The molecule has 0 saturated heterocycles. The van der Waals surface area contributed by atoms with Gasteiger partial charge in [-0.15, -0.1) is 24.0 Å². The van der Waals surface area contributed by atoms with E-state index in [4.69, 9.17) is 0 Å². The van der Waals surface area contributed by atoms with Crippen LogP contribution in [-0.2, 0) is 6.54 Å². The van der Waals surface area contributed by atoms with E-state index in [-0.39, 0.29) is 30.1 Å². The Hall–Kier alpha value is -0.830. The van der Waals surface area contributed by atoms with Crippen LogP contribution in [0, 0.1) is 19.8 Å². The molecule has 1 fully saturated rings. The molecule has 1 aliphatic carbocycles. The first-order valence-corrected chi connectivity index (χ1v) is 8.81. The summed E-state index contributed by atoms with van der Waals surface area (Å²) >= 11 is 0. The Morgan fingerprint density at radius 3 is 2.75 bits per heavy atom. The molecule has 0 radical (unpaired) electrons. The van der Waals surface area contributed by atoms with Crippen molar-refractivity contribution < 1.29 is 5.11 Å². The zero-order chi connectivity index (χ0) is 16.7. The molecule has 2 atom stereocenters. The molecule has 0 aromatic carbocycles. The Balaban J connectivity index is 0.00000288. The first kappa shape index (κ1) is 21.2. The van der Waals surface area contributed by atoms with E-state index in [1.807, 2.05) is 6.92 Å². The van der Waals surface area contributed by atoms with Gasteiger partial charge < -0.3 is 15.7 Å². The third-order valence-electron chi connectivity index (χ3n) is 4.39. The minimum absolute atomic E-state index is 0. The number of aliphatic hydroxyl groups is 1. The van der Waals surface area contributed by atoms with Crippen molar-refractivity contribution in [3.05, 3.63) is 17.5 Å². The van der Waals surface area contributed by atoms with Gasteiger partial charge in [0.05, 0.1) is 11.8 Å². The van der Waals surface area contributed by atoms with Gasteiger partial charge in [-0.3, -0.25) is 9.67 Å². The van der Waals surface area contributed by atoms with E-state index in [1.165, 1.54) is 5.69 Å². The van der Waals surface area contributed by atoms with E-state index < -0.39 is 0 Å². The summed E-state index contributed by atoms with van der Waals surface area (Å²) in [6.45, 7) is 9.49. The molecule has 1 saturated carbocycles. The van der Waals surface area contributed by atoms with Crippen LogP contribution in [-0.4, -0.2) is 46.6 Å². The topological polar surface area (TPSA) is 74.5 Å². The molecule has 0 aliphatic heterocycles. The summed E-state index contributed by atoms with van der Waals surface area (Å²) < 4.78 is 2.05. The Labute approximate surface area is 162 Å². The lowest BCUT2D eigenvalue weighted by atomic mass is 10.1. The summed E-state index contributed by atoms with van der Waals surface area (Å²) in [6.07, 6.45) is 3.95. The molecule has 0 spiro atoms. The maximum Gasteiger partial charge on any atom is 0.191 e. The smallest absolute Gasteiger partial charge is 0.191 e. The van der Waals surface area contributed by atoms with Gasteiger partial charge in [-0.2, -0.15) is 5.10 Å². The molecular weight excluding hydrogens is 417 g/mol. The highest BCUT2D eigenvalue weighted by Gasteiger charge is 2.24. The van der Waals surface area contributed by atoms with Crippen LogP contribution in [0.4, 0.5) is 0 Å². The van der Waals surface area contributed by atoms with Crippen molar-refractivity contribution in [1.29, 1.82) is 0 Å². The molecule has 2 unspecified atom stereocenters. The third-order valence-corrected chi connectivity index (χ3v) is 4.39. The number of halogens is 1. The van der Waals surface area contributed by atoms with Crippen molar-refractivity contribution in [2.24, 2.45) is 10.9 Å². The highest BCUT2D eigenvalue weighted by atomic mass is 127. The Kier molecular flexibility index (Phi) is 9.65. The lowest BCUT2D eigenvalue weighted by molar-refractivity contribution is 0.136. The van der Waals surface area contributed by atoms with Crippen LogP contribution in [0.1, 0.15) is 44.0 Å². The quantitative estimate of drug-likeness (QED) is 0.258. The monoisotopic (exact) mass is 449 g/mol. The van der Waals surface area contributed by atoms with E-state index in [1.54, 1.807) is 0 Å². The highest BCUT2D eigenvalue weighted by Crippen LogP contribution is 2.25. The summed E-state index contributed by atoms with van der Waals surface area (Å²) in [4.78, 5) is 4.62. The maximum atomic E-state index is 9.88. The van der Waals surface area contributed by atoms with E-state index in [2.05, 4.69) is 45.3 Å². The molecular formula is C17H32IN5O. The maximum absolute atomic E-state index is 9.88. The summed E-state index contributed by atoms with van der Waals surface area (Å²) in [5.41, 5.74) is 2.28. The normalized spacial score (nSPS) is 20.8. The number of nitrogens with one attached hydrogen (secondary N) is 2. The zero-order valence-electron chi connectivity index (χ0n) is 15.1. The average Bonchev–Trinajstić information content (AvgIpc) is 3.06. The number of aryl methyl sites for hydroxylation is 3. The lowest BCUT2D eigenvalue weighted by Crippen LogP contribution is -2.38. The van der Waals surface area contributed by atoms with E-state index in [0.29, 0.717) is 12.5 Å². The van der Waals surface area contributed by atoms with E-state index in [0.717, 1.165) is 57.0 Å². The number of hydrogen-bond acceptors (Lipinski definition) is 3. The number of rotatable bonds is 7. The van der Waals surface area contributed by atoms with Crippen LogP contribution >= 0.6 is 24.0 Å². The van der Waals surface area contributed by atoms with Gasteiger partial charge in [-0.25, -0.2) is 0 Å². The molecule has 1 aromatic rings. The fourth-order valence-electron chi connectivity index (χ4n) is 3.12. The summed E-state index contributed by atoms with van der Waals surface area (Å²) in [5.74, 6) is 1.17. The zero-order valence-corrected chi connectivity index (χ0v) is 17.4. The fourth-order valence-corrected chi connectivity index (χ4v) is 3.12. The van der Waals surface area contributed by atoms with Crippen molar-refractivity contribution in [2.75, 3.05) is 19.6 Å². The summed E-state index contributed by atoms with van der Waals surface area (Å²) in [5, 5.41) is 21.0. The van der Waals surface area contributed by atoms with Gasteiger partial charge in [-0.1, -0.05) is 6.42 Å². The van der Waals surface area contributed by atoms with Crippen LogP contribution < -0.4 is 10.6 Å². The predicted octanol–water partition coefficient (Wildman–Crippen LogP) is 2.22. The van der Waals surface area contributed by atoms with Gasteiger partial charge in [0.1, 0.15) is 0 Å². The second-order valence-corrected chi connectivity index (χ2v) is 6.41. The number of aliphatic imine (C=N–C) groups is 1. The van der Waals surface area contributed by atoms with Crippen LogP contribution in [0.5, 0.6) is 0 Å². The van der Waals surface area contributed by atoms with Crippen molar-refractivity contribution in [3.8, 4) is 0 Å². The van der Waals surface area contributed by atoms with Crippen LogP contribution in [0.15, 0.2) is 11.1 Å². The molecule has 0 amide bonds. The number of guanidine groups is 1. The molecule has 1 aromatic heterocycles. The first-order chi connectivity index (χ1) is 11.1. The Morgan fingerprint density at radius 2 is 2.17 bits per heavy atom. The summed E-state index contributed by atoms with van der Waals surface area (Å²) in [7, 11) is 0. The van der Waals surface area contributed by atoms with Gasteiger partial charge in [-0.05, 0) is 46.1 Å². The number of aliphatic hydroxyl groups excluding tert-OH is 1. The van der Waals surface area contributed by atoms with Gasteiger partial charge in [0.25, 0.3) is 0 Å². The van der Waals surface area contributed by atoms with Gasteiger partial charge in [0.2, 0.25) is 0 Å². The van der Waals surface area contributed by atoms with Gasteiger partial charge in [0.15, 0.2) is 5.96 Å². The summed E-state index contributed by atoms with van der Waals surface area (Å²) in [6, 6.07) is 2.10. The standard InChI is InChI=1S/C17H31N5O.HI/c1-4-18-17(20-12-15-7-5-8-16(15)23)19-9-6-10-22-14(3)11-13(2)21-22;/h11,15-16,23H,4-10,12H2,1-3H3,(H2,18,19,20);1H. The van der Waals surface area contributed by atoms with Crippen LogP contribution in [0.2, 0.25) is 0 Å². The van der Waals surface area contributed by atoms with E-state index >= 15 is 0 Å². The van der Waals surface area contributed by atoms with Gasteiger partial charge >= 0.3 is 0 Å². The van der Waals surface area contributed by atoms with Crippen molar-refractivity contribution in [1.82, 2.24) is 20.4 Å². The minimum atomic E-state index is -0.173. The molecule has 6 nitrogen and oxygen atoms in total. The lowest BCUT2D eigenvalue weighted by Gasteiger charge is -2.15. The molecule has 3 N–H and O–H groups in total. The van der Waals surface area contributed by atoms with Gasteiger partial charge in [0, 0.05) is 37.8 Å². The van der Waals surface area contributed by atoms with Crippen molar-refractivity contribution in [3.63, 3.8) is 0 Å². The number of hydrogen-bond donors (Lipinski definition) is 3. The molecule has 1 heterocycles. The Bertz CT molecular complexity index is 517. The van der Waals surface area contributed by atoms with Crippen LogP contribution in [0.3, 0.4) is 0 Å². The average molecular weight is 449 g/mol. The fraction of sp³-hybridized carbons (Fsp3) is 0.765. The third kappa shape index (κ3) is 6.58. The second kappa shape index (κ2) is 10.9. The number of aromatic nitrogens is 2. The molecule has 24 heavy (non-hydrogen) atoms. The van der Waals surface area contributed by atoms with Crippen LogP contribution in [0.25, 0.3) is 0 Å². The molecule has 7 heteroatoms. The molecule has 1 aliphatic rings. The number of nitrogens with zero attached hydrogens (tertiary/aromatic N) is 3. The second-order valence-electron chi connectivity index (χ2n) is 6.41. The van der Waals surface area contributed by atoms with Crippen molar-refractivity contribution in [2.45, 2.75) is 59.1 Å².